The van der Waals surface area contributed by atoms with Crippen molar-refractivity contribution in [2.75, 3.05) is 7.11 Å². The van der Waals surface area contributed by atoms with Crippen LogP contribution in [0.3, 0.4) is 0 Å². The van der Waals surface area contributed by atoms with Crippen molar-refractivity contribution in [2.24, 2.45) is 0 Å². The zero-order chi connectivity index (χ0) is 7.40. The van der Waals surface area contributed by atoms with Crippen molar-refractivity contribution in [1.82, 2.24) is 9.97 Å². The van der Waals surface area contributed by atoms with Crippen LogP contribution in [-0.2, 0) is 11.3 Å². The van der Waals surface area contributed by atoms with E-state index in [1.54, 1.807) is 19.5 Å². The van der Waals surface area contributed by atoms with E-state index < -0.39 is 0 Å². The second-order valence-electron chi connectivity index (χ2n) is 1.73. The SMILES string of the molecule is COCc1nccnc1Br. The zero-order valence-corrected chi connectivity index (χ0v) is 7.13. The maximum atomic E-state index is 4.88. The first-order valence-corrected chi connectivity index (χ1v) is 3.58. The van der Waals surface area contributed by atoms with Crippen LogP contribution >= 0.6 is 15.9 Å². The molecule has 54 valence electrons. The first-order valence-electron chi connectivity index (χ1n) is 2.79. The molecule has 0 aliphatic rings. The average Bonchev–Trinajstić information content (AvgIpc) is 1.94. The van der Waals surface area contributed by atoms with Crippen LogP contribution in [-0.4, -0.2) is 17.1 Å². The summed E-state index contributed by atoms with van der Waals surface area (Å²) in [6, 6.07) is 0. The van der Waals surface area contributed by atoms with Crippen molar-refractivity contribution in [3.8, 4) is 0 Å². The van der Waals surface area contributed by atoms with Crippen molar-refractivity contribution in [3.63, 3.8) is 0 Å². The minimum Gasteiger partial charge on any atom is -0.378 e. The fourth-order valence-electron chi connectivity index (χ4n) is 0.583. The Balaban J connectivity index is 2.81. The third-order valence-electron chi connectivity index (χ3n) is 1.00. The molecule has 0 aliphatic heterocycles. The summed E-state index contributed by atoms with van der Waals surface area (Å²) in [7, 11) is 1.63. The van der Waals surface area contributed by atoms with Crippen molar-refractivity contribution in [3.05, 3.63) is 22.7 Å². The highest BCUT2D eigenvalue weighted by molar-refractivity contribution is 9.10. The molecule has 0 fully saturated rings. The van der Waals surface area contributed by atoms with E-state index in [2.05, 4.69) is 25.9 Å². The van der Waals surface area contributed by atoms with Crippen LogP contribution in [0.15, 0.2) is 17.0 Å². The molecule has 0 unspecified atom stereocenters. The van der Waals surface area contributed by atoms with Gasteiger partial charge in [0.25, 0.3) is 0 Å². The maximum absolute atomic E-state index is 4.88. The topological polar surface area (TPSA) is 35.0 Å². The third-order valence-corrected chi connectivity index (χ3v) is 1.67. The van der Waals surface area contributed by atoms with Gasteiger partial charge in [0.2, 0.25) is 0 Å². The van der Waals surface area contributed by atoms with Gasteiger partial charge in [-0.2, -0.15) is 0 Å². The molecule has 0 saturated carbocycles. The van der Waals surface area contributed by atoms with Gasteiger partial charge >= 0.3 is 0 Å². The summed E-state index contributed by atoms with van der Waals surface area (Å²) in [4.78, 5) is 8.01. The first-order chi connectivity index (χ1) is 4.84. The predicted molar refractivity (Wildman–Crippen MR) is 40.4 cm³/mol. The van der Waals surface area contributed by atoms with Gasteiger partial charge in [0.05, 0.1) is 12.3 Å². The number of hydrogen-bond acceptors (Lipinski definition) is 3. The molecule has 1 heterocycles. The molecule has 0 aliphatic carbocycles. The third kappa shape index (κ3) is 1.75. The van der Waals surface area contributed by atoms with E-state index >= 15 is 0 Å². The van der Waals surface area contributed by atoms with Gasteiger partial charge in [-0.05, 0) is 15.9 Å². The minimum atomic E-state index is 0.494. The summed E-state index contributed by atoms with van der Waals surface area (Å²) in [5, 5.41) is 0. The van der Waals surface area contributed by atoms with Crippen molar-refractivity contribution in [1.29, 1.82) is 0 Å². The van der Waals surface area contributed by atoms with Crippen molar-refractivity contribution in [2.45, 2.75) is 6.61 Å². The minimum absolute atomic E-state index is 0.494. The summed E-state index contributed by atoms with van der Waals surface area (Å²) in [6.45, 7) is 0.494. The van der Waals surface area contributed by atoms with Crippen LogP contribution in [0.5, 0.6) is 0 Å². The Bertz CT molecular complexity index is 217. The molecule has 0 N–H and O–H groups in total. The quantitative estimate of drug-likeness (QED) is 0.728. The summed E-state index contributed by atoms with van der Waals surface area (Å²) in [5.74, 6) is 0. The molecule has 0 aromatic carbocycles. The number of ether oxygens (including phenoxy) is 1. The smallest absolute Gasteiger partial charge is 0.129 e. The first kappa shape index (κ1) is 7.63. The average molecular weight is 203 g/mol. The Morgan fingerprint density at radius 3 is 2.80 bits per heavy atom. The van der Waals surface area contributed by atoms with Gasteiger partial charge in [0, 0.05) is 19.5 Å². The van der Waals surface area contributed by atoms with E-state index in [1.165, 1.54) is 0 Å². The second-order valence-corrected chi connectivity index (χ2v) is 2.48. The van der Waals surface area contributed by atoms with Gasteiger partial charge in [-0.1, -0.05) is 0 Å². The molecule has 0 amide bonds. The lowest BCUT2D eigenvalue weighted by atomic mass is 10.5. The molecule has 0 radical (unpaired) electrons. The Labute approximate surface area is 67.6 Å². The van der Waals surface area contributed by atoms with E-state index in [-0.39, 0.29) is 0 Å². The molecular weight excluding hydrogens is 196 g/mol. The van der Waals surface area contributed by atoms with Gasteiger partial charge in [0.15, 0.2) is 0 Å². The molecule has 1 aromatic rings. The lowest BCUT2D eigenvalue weighted by Crippen LogP contribution is -1.94. The van der Waals surface area contributed by atoms with Gasteiger partial charge in [-0.3, -0.25) is 4.98 Å². The maximum Gasteiger partial charge on any atom is 0.129 e. The largest absolute Gasteiger partial charge is 0.378 e. The molecule has 0 bridgehead atoms. The molecule has 0 saturated heterocycles. The van der Waals surface area contributed by atoms with E-state index in [4.69, 9.17) is 4.74 Å². The van der Waals surface area contributed by atoms with Gasteiger partial charge < -0.3 is 4.74 Å². The predicted octanol–water partition coefficient (Wildman–Crippen LogP) is 1.39. The number of aromatic nitrogens is 2. The Hall–Kier alpha value is -0.480. The molecule has 4 heteroatoms. The number of rotatable bonds is 2. The highest BCUT2D eigenvalue weighted by Gasteiger charge is 1.98. The molecule has 10 heavy (non-hydrogen) atoms. The molecule has 3 nitrogen and oxygen atoms in total. The van der Waals surface area contributed by atoms with Gasteiger partial charge in [-0.15, -0.1) is 0 Å². The molecule has 0 spiro atoms. The summed E-state index contributed by atoms with van der Waals surface area (Å²) in [6.07, 6.45) is 3.27. The molecule has 1 aromatic heterocycles. The molecule has 0 atom stereocenters. The Morgan fingerprint density at radius 2 is 2.20 bits per heavy atom. The highest BCUT2D eigenvalue weighted by Crippen LogP contribution is 2.09. The monoisotopic (exact) mass is 202 g/mol. The standard InChI is InChI=1S/C6H7BrN2O/c1-10-4-5-6(7)9-3-2-8-5/h2-3H,4H2,1H3. The Morgan fingerprint density at radius 1 is 1.50 bits per heavy atom. The van der Waals surface area contributed by atoms with Crippen LogP contribution in [0, 0.1) is 0 Å². The number of hydrogen-bond donors (Lipinski definition) is 0. The zero-order valence-electron chi connectivity index (χ0n) is 5.54. The van der Waals surface area contributed by atoms with Crippen LogP contribution in [0.1, 0.15) is 5.69 Å². The van der Waals surface area contributed by atoms with Crippen molar-refractivity contribution < 1.29 is 4.74 Å². The van der Waals surface area contributed by atoms with E-state index in [0.29, 0.717) is 6.61 Å². The lowest BCUT2D eigenvalue weighted by molar-refractivity contribution is 0.180. The van der Waals surface area contributed by atoms with Crippen LogP contribution < -0.4 is 0 Å². The highest BCUT2D eigenvalue weighted by atomic mass is 79.9. The van der Waals surface area contributed by atoms with Gasteiger partial charge in [0.1, 0.15) is 4.60 Å². The summed E-state index contributed by atoms with van der Waals surface area (Å²) in [5.41, 5.74) is 0.824. The fraction of sp³-hybridized carbons (Fsp3) is 0.333. The second kappa shape index (κ2) is 3.63. The normalized spacial score (nSPS) is 9.80. The summed E-state index contributed by atoms with van der Waals surface area (Å²) >= 11 is 3.24. The number of methoxy groups -OCH3 is 1. The number of halogens is 1. The van der Waals surface area contributed by atoms with E-state index in [0.717, 1.165) is 10.3 Å². The van der Waals surface area contributed by atoms with Crippen LogP contribution in [0.4, 0.5) is 0 Å². The van der Waals surface area contributed by atoms with Crippen molar-refractivity contribution >= 4 is 15.9 Å². The van der Waals surface area contributed by atoms with E-state index in [9.17, 15) is 0 Å². The van der Waals surface area contributed by atoms with Crippen LogP contribution in [0.25, 0.3) is 0 Å². The molecule has 1 rings (SSSR count). The fourth-order valence-corrected chi connectivity index (χ4v) is 0.918. The Kier molecular flexibility index (Phi) is 2.77. The molecular formula is C6H7BrN2O. The lowest BCUT2D eigenvalue weighted by Gasteiger charge is -1.98. The number of nitrogens with zero attached hydrogens (tertiary/aromatic N) is 2. The summed E-state index contributed by atoms with van der Waals surface area (Å²) < 4.78 is 5.62. The van der Waals surface area contributed by atoms with Gasteiger partial charge in [-0.25, -0.2) is 4.98 Å². The van der Waals surface area contributed by atoms with E-state index in [1.807, 2.05) is 0 Å². The van der Waals surface area contributed by atoms with Crippen LogP contribution in [0.2, 0.25) is 0 Å².